The standard InChI is InChI=1S/C17H23N3O3/c1-12(21)20-8-6-14(7-9-20)19-17(22)18-11-15-10-13-4-2-3-5-16(13)23-15/h2-5,14-15H,6-11H2,1H3,(H2,18,19,22)/t15-/m1/s1. The molecule has 0 aromatic heterocycles. The van der Waals surface area contributed by atoms with E-state index in [9.17, 15) is 9.59 Å². The summed E-state index contributed by atoms with van der Waals surface area (Å²) < 4.78 is 5.80. The molecule has 2 aliphatic rings. The Morgan fingerprint density at radius 2 is 2.00 bits per heavy atom. The van der Waals surface area contributed by atoms with E-state index in [1.54, 1.807) is 6.92 Å². The summed E-state index contributed by atoms with van der Waals surface area (Å²) in [7, 11) is 0. The van der Waals surface area contributed by atoms with E-state index in [0.717, 1.165) is 25.0 Å². The lowest BCUT2D eigenvalue weighted by molar-refractivity contribution is -0.129. The zero-order chi connectivity index (χ0) is 16.2. The number of nitrogens with zero attached hydrogens (tertiary/aromatic N) is 1. The van der Waals surface area contributed by atoms with Gasteiger partial charge in [-0.15, -0.1) is 0 Å². The summed E-state index contributed by atoms with van der Waals surface area (Å²) in [4.78, 5) is 25.1. The largest absolute Gasteiger partial charge is 0.488 e. The highest BCUT2D eigenvalue weighted by atomic mass is 16.5. The smallest absolute Gasteiger partial charge is 0.315 e. The molecule has 1 saturated heterocycles. The Hall–Kier alpha value is -2.24. The van der Waals surface area contributed by atoms with Gasteiger partial charge in [0, 0.05) is 32.5 Å². The summed E-state index contributed by atoms with van der Waals surface area (Å²) in [5.41, 5.74) is 1.19. The fourth-order valence-corrected chi connectivity index (χ4v) is 3.15. The minimum atomic E-state index is -0.161. The third-order valence-electron chi connectivity index (χ3n) is 4.48. The molecule has 3 rings (SSSR count). The number of carbonyl (C=O) groups is 2. The SMILES string of the molecule is CC(=O)N1CCC(NC(=O)NC[C@H]2Cc3ccccc3O2)CC1. The number of hydrogen-bond donors (Lipinski definition) is 2. The van der Waals surface area contributed by atoms with E-state index in [1.807, 2.05) is 23.1 Å². The van der Waals surface area contributed by atoms with E-state index < -0.39 is 0 Å². The molecule has 0 spiro atoms. The zero-order valence-electron chi connectivity index (χ0n) is 13.4. The molecule has 1 aromatic carbocycles. The number of carbonyl (C=O) groups excluding carboxylic acids is 2. The number of benzene rings is 1. The van der Waals surface area contributed by atoms with Crippen LogP contribution in [0.5, 0.6) is 5.75 Å². The molecule has 2 aliphatic heterocycles. The molecule has 23 heavy (non-hydrogen) atoms. The normalized spacial score (nSPS) is 20.6. The first-order valence-electron chi connectivity index (χ1n) is 8.16. The van der Waals surface area contributed by atoms with Crippen molar-refractivity contribution in [3.05, 3.63) is 29.8 Å². The lowest BCUT2D eigenvalue weighted by atomic mass is 10.1. The van der Waals surface area contributed by atoms with Crippen molar-refractivity contribution in [3.63, 3.8) is 0 Å². The van der Waals surface area contributed by atoms with Crippen LogP contribution < -0.4 is 15.4 Å². The average Bonchev–Trinajstić information content (AvgIpc) is 2.96. The van der Waals surface area contributed by atoms with Crippen LogP contribution in [0.3, 0.4) is 0 Å². The molecule has 0 bridgehead atoms. The maximum absolute atomic E-state index is 12.0. The van der Waals surface area contributed by atoms with Crippen LogP contribution in [-0.4, -0.2) is 48.6 Å². The van der Waals surface area contributed by atoms with Crippen LogP contribution in [-0.2, 0) is 11.2 Å². The van der Waals surface area contributed by atoms with E-state index in [0.29, 0.717) is 19.6 Å². The molecular weight excluding hydrogens is 294 g/mol. The molecular formula is C17H23N3O3. The quantitative estimate of drug-likeness (QED) is 0.883. The molecule has 0 radical (unpaired) electrons. The fraction of sp³-hybridized carbons (Fsp3) is 0.529. The fourth-order valence-electron chi connectivity index (χ4n) is 3.15. The topological polar surface area (TPSA) is 70.7 Å². The first-order chi connectivity index (χ1) is 11.1. The summed E-state index contributed by atoms with van der Waals surface area (Å²) in [5, 5.41) is 5.87. The third-order valence-corrected chi connectivity index (χ3v) is 4.48. The van der Waals surface area contributed by atoms with Gasteiger partial charge in [0.05, 0.1) is 6.54 Å². The summed E-state index contributed by atoms with van der Waals surface area (Å²) in [6.45, 7) is 3.50. The van der Waals surface area contributed by atoms with Gasteiger partial charge in [0.15, 0.2) is 0 Å². The van der Waals surface area contributed by atoms with Crippen molar-refractivity contribution in [3.8, 4) is 5.75 Å². The number of para-hydroxylation sites is 1. The Morgan fingerprint density at radius 3 is 2.70 bits per heavy atom. The second-order valence-electron chi connectivity index (χ2n) is 6.19. The Morgan fingerprint density at radius 1 is 1.26 bits per heavy atom. The first kappa shape index (κ1) is 15.6. The molecule has 1 fully saturated rings. The van der Waals surface area contributed by atoms with Gasteiger partial charge < -0.3 is 20.3 Å². The highest BCUT2D eigenvalue weighted by Crippen LogP contribution is 2.27. The second kappa shape index (κ2) is 6.89. The molecule has 3 amide bonds. The van der Waals surface area contributed by atoms with Crippen molar-refractivity contribution in [1.29, 1.82) is 0 Å². The van der Waals surface area contributed by atoms with Crippen LogP contribution in [0, 0.1) is 0 Å². The maximum Gasteiger partial charge on any atom is 0.315 e. The van der Waals surface area contributed by atoms with Gasteiger partial charge in [-0.25, -0.2) is 4.79 Å². The predicted octanol–water partition coefficient (Wildman–Crippen LogP) is 1.30. The number of likely N-dealkylation sites (tertiary alicyclic amines) is 1. The van der Waals surface area contributed by atoms with Crippen LogP contribution in [0.15, 0.2) is 24.3 Å². The predicted molar refractivity (Wildman–Crippen MR) is 86.4 cm³/mol. The molecule has 124 valence electrons. The van der Waals surface area contributed by atoms with E-state index in [4.69, 9.17) is 4.74 Å². The number of ether oxygens (including phenoxy) is 1. The highest BCUT2D eigenvalue weighted by molar-refractivity contribution is 5.75. The number of rotatable bonds is 3. The average molecular weight is 317 g/mol. The Balaban J connectivity index is 1.37. The van der Waals surface area contributed by atoms with Crippen LogP contribution in [0.25, 0.3) is 0 Å². The van der Waals surface area contributed by atoms with Gasteiger partial charge in [-0.3, -0.25) is 4.79 Å². The summed E-state index contributed by atoms with van der Waals surface area (Å²) in [6, 6.07) is 7.93. The molecule has 1 aromatic rings. The number of hydrogen-bond acceptors (Lipinski definition) is 3. The summed E-state index contributed by atoms with van der Waals surface area (Å²) in [6.07, 6.45) is 2.43. The van der Waals surface area contributed by atoms with Crippen molar-refractivity contribution < 1.29 is 14.3 Å². The molecule has 6 heteroatoms. The number of nitrogens with one attached hydrogen (secondary N) is 2. The van der Waals surface area contributed by atoms with E-state index in [1.165, 1.54) is 5.56 Å². The Bertz CT molecular complexity index is 557. The van der Waals surface area contributed by atoms with Gasteiger partial charge in [0.2, 0.25) is 5.91 Å². The molecule has 0 unspecified atom stereocenters. The molecule has 1 atom stereocenters. The molecule has 0 aliphatic carbocycles. The van der Waals surface area contributed by atoms with Gasteiger partial charge in [-0.05, 0) is 24.5 Å². The van der Waals surface area contributed by atoms with Crippen LogP contribution in [0.4, 0.5) is 4.79 Å². The minimum absolute atomic E-state index is 0.00212. The van der Waals surface area contributed by atoms with Gasteiger partial charge in [-0.2, -0.15) is 0 Å². The Labute approximate surface area is 136 Å². The van der Waals surface area contributed by atoms with Crippen molar-refractivity contribution in [2.45, 2.75) is 38.3 Å². The minimum Gasteiger partial charge on any atom is -0.488 e. The van der Waals surface area contributed by atoms with Crippen molar-refractivity contribution in [1.82, 2.24) is 15.5 Å². The van der Waals surface area contributed by atoms with Crippen LogP contribution in [0.1, 0.15) is 25.3 Å². The molecule has 2 N–H and O–H groups in total. The van der Waals surface area contributed by atoms with Gasteiger partial charge in [0.25, 0.3) is 0 Å². The monoisotopic (exact) mass is 317 g/mol. The first-order valence-corrected chi connectivity index (χ1v) is 8.16. The van der Waals surface area contributed by atoms with Crippen molar-refractivity contribution >= 4 is 11.9 Å². The molecule has 0 saturated carbocycles. The van der Waals surface area contributed by atoms with Gasteiger partial charge in [0.1, 0.15) is 11.9 Å². The van der Waals surface area contributed by atoms with Crippen LogP contribution in [0.2, 0.25) is 0 Å². The zero-order valence-corrected chi connectivity index (χ0v) is 13.4. The number of fused-ring (bicyclic) bond motifs is 1. The highest BCUT2D eigenvalue weighted by Gasteiger charge is 2.24. The maximum atomic E-state index is 12.0. The van der Waals surface area contributed by atoms with Gasteiger partial charge in [-0.1, -0.05) is 18.2 Å². The summed E-state index contributed by atoms with van der Waals surface area (Å²) in [5.74, 6) is 1.02. The van der Waals surface area contributed by atoms with Crippen molar-refractivity contribution in [2.75, 3.05) is 19.6 Å². The molecule has 6 nitrogen and oxygen atoms in total. The number of amides is 3. The summed E-state index contributed by atoms with van der Waals surface area (Å²) >= 11 is 0. The van der Waals surface area contributed by atoms with Crippen molar-refractivity contribution in [2.24, 2.45) is 0 Å². The lowest BCUT2D eigenvalue weighted by Crippen LogP contribution is -2.50. The number of urea groups is 1. The van der Waals surface area contributed by atoms with E-state index in [-0.39, 0.29) is 24.1 Å². The van der Waals surface area contributed by atoms with E-state index in [2.05, 4.69) is 16.7 Å². The number of piperidine rings is 1. The third kappa shape index (κ3) is 3.94. The molecule has 2 heterocycles. The Kier molecular flexibility index (Phi) is 4.69. The second-order valence-corrected chi connectivity index (χ2v) is 6.19. The van der Waals surface area contributed by atoms with E-state index >= 15 is 0 Å². The van der Waals surface area contributed by atoms with Gasteiger partial charge >= 0.3 is 6.03 Å². The van der Waals surface area contributed by atoms with Crippen LogP contribution >= 0.6 is 0 Å². The lowest BCUT2D eigenvalue weighted by Gasteiger charge is -2.31.